The first-order valence-electron chi connectivity index (χ1n) is 6.78. The second kappa shape index (κ2) is 7.12. The van der Waals surface area contributed by atoms with Gasteiger partial charge in [0, 0.05) is 13.1 Å². The fourth-order valence-electron chi connectivity index (χ4n) is 1.92. The van der Waals surface area contributed by atoms with E-state index < -0.39 is 5.91 Å². The molecule has 2 heterocycles. The molecular weight excluding hydrogens is 278 g/mol. The predicted molar refractivity (Wildman–Crippen MR) is 84.7 cm³/mol. The van der Waals surface area contributed by atoms with Crippen LogP contribution in [0.1, 0.15) is 10.5 Å². The first-order valence-corrected chi connectivity index (χ1v) is 6.78. The summed E-state index contributed by atoms with van der Waals surface area (Å²) in [6, 6.07) is 7.20. The molecule has 0 saturated heterocycles. The quantitative estimate of drug-likeness (QED) is 0.611. The minimum absolute atomic E-state index is 0.162. The third kappa shape index (κ3) is 3.54. The van der Waals surface area contributed by atoms with E-state index in [1.807, 2.05) is 35.5 Å². The monoisotopic (exact) mass is 296 g/mol. The molecule has 0 aliphatic carbocycles. The Bertz CT molecular complexity index is 674. The van der Waals surface area contributed by atoms with E-state index in [9.17, 15) is 4.79 Å². The zero-order valence-electron chi connectivity index (χ0n) is 12.2. The average Bonchev–Trinajstić information content (AvgIpc) is 2.55. The number of aromatic nitrogens is 3. The van der Waals surface area contributed by atoms with Crippen LogP contribution in [-0.2, 0) is 0 Å². The van der Waals surface area contributed by atoms with Crippen LogP contribution in [-0.4, -0.2) is 29.0 Å². The molecule has 22 heavy (non-hydrogen) atoms. The Morgan fingerprint density at radius 3 is 2.36 bits per heavy atom. The lowest BCUT2D eigenvalue weighted by Gasteiger charge is -2.16. The van der Waals surface area contributed by atoms with Crippen LogP contribution in [0, 0.1) is 0 Å². The number of carbonyl (C=O) groups excluding carboxylic acids is 1. The van der Waals surface area contributed by atoms with Gasteiger partial charge in [-0.25, -0.2) is 4.57 Å². The molecule has 0 aliphatic rings. The van der Waals surface area contributed by atoms with E-state index in [1.54, 1.807) is 22.8 Å². The molecule has 0 fully saturated rings. The van der Waals surface area contributed by atoms with Crippen molar-refractivity contribution >= 4 is 11.9 Å². The first-order chi connectivity index (χ1) is 10.7. The maximum Gasteiger partial charge on any atom is 0.342 e. The minimum Gasteiger partial charge on any atom is -0.364 e. The number of pyridine rings is 1. The van der Waals surface area contributed by atoms with Gasteiger partial charge in [0.05, 0.1) is 18.5 Å². The molecule has 0 atom stereocenters. The van der Waals surface area contributed by atoms with Gasteiger partial charge in [-0.15, -0.1) is 13.2 Å². The SMILES string of the molecule is C=CCN(CC=C)c1nc(C(N)=O)cc(-[n+]2ccccc2)n1. The molecule has 0 unspecified atom stereocenters. The van der Waals surface area contributed by atoms with Gasteiger partial charge in [-0.2, -0.15) is 4.98 Å². The maximum absolute atomic E-state index is 11.5. The Hall–Kier alpha value is -3.02. The van der Waals surface area contributed by atoms with Gasteiger partial charge in [0.15, 0.2) is 0 Å². The Kier molecular flexibility index (Phi) is 4.98. The summed E-state index contributed by atoms with van der Waals surface area (Å²) in [6.07, 6.45) is 7.14. The zero-order chi connectivity index (χ0) is 15.9. The van der Waals surface area contributed by atoms with Crippen LogP contribution in [0.15, 0.2) is 62.0 Å². The molecule has 2 N–H and O–H groups in total. The molecule has 0 bridgehead atoms. The number of hydrogen-bond acceptors (Lipinski definition) is 4. The van der Waals surface area contributed by atoms with Crippen molar-refractivity contribution in [2.24, 2.45) is 5.73 Å². The molecule has 0 aromatic carbocycles. The van der Waals surface area contributed by atoms with Crippen LogP contribution >= 0.6 is 0 Å². The van der Waals surface area contributed by atoms with E-state index >= 15 is 0 Å². The Labute approximate surface area is 129 Å². The molecule has 112 valence electrons. The van der Waals surface area contributed by atoms with E-state index in [0.29, 0.717) is 24.9 Å². The lowest BCUT2D eigenvalue weighted by Crippen LogP contribution is -2.34. The van der Waals surface area contributed by atoms with Gasteiger partial charge >= 0.3 is 11.8 Å². The summed E-state index contributed by atoms with van der Waals surface area (Å²) >= 11 is 0. The van der Waals surface area contributed by atoms with Crippen LogP contribution in [0.4, 0.5) is 5.95 Å². The van der Waals surface area contributed by atoms with Crippen molar-refractivity contribution in [2.45, 2.75) is 0 Å². The van der Waals surface area contributed by atoms with Crippen LogP contribution in [0.5, 0.6) is 0 Å². The largest absolute Gasteiger partial charge is 0.364 e. The smallest absolute Gasteiger partial charge is 0.342 e. The standard InChI is InChI=1S/C16H17N5O/c1-3-8-21(9-4-2)16-18-13(15(17)22)12-14(19-16)20-10-6-5-7-11-20/h3-7,10-12H,1-2,8-9H2,(H-,17,22)/p+1. The molecular formula is C16H18N5O+. The summed E-state index contributed by atoms with van der Waals surface area (Å²) in [4.78, 5) is 22.1. The van der Waals surface area contributed by atoms with E-state index in [-0.39, 0.29) is 5.69 Å². The fraction of sp³-hybridized carbons (Fsp3) is 0.125. The first kappa shape index (κ1) is 15.4. The van der Waals surface area contributed by atoms with Crippen LogP contribution in [0.3, 0.4) is 0 Å². The van der Waals surface area contributed by atoms with Crippen molar-refractivity contribution in [2.75, 3.05) is 18.0 Å². The van der Waals surface area contributed by atoms with E-state index in [4.69, 9.17) is 5.73 Å². The van der Waals surface area contributed by atoms with Crippen LogP contribution in [0.25, 0.3) is 5.82 Å². The summed E-state index contributed by atoms with van der Waals surface area (Å²) in [5, 5.41) is 0. The lowest BCUT2D eigenvalue weighted by molar-refractivity contribution is -0.599. The summed E-state index contributed by atoms with van der Waals surface area (Å²) in [6.45, 7) is 8.51. The molecule has 0 saturated carbocycles. The number of anilines is 1. The minimum atomic E-state index is -0.599. The molecule has 2 aromatic heterocycles. The van der Waals surface area contributed by atoms with Gasteiger partial charge in [-0.3, -0.25) is 4.79 Å². The zero-order valence-corrected chi connectivity index (χ0v) is 12.2. The Morgan fingerprint density at radius 1 is 1.18 bits per heavy atom. The normalized spacial score (nSPS) is 10.0. The van der Waals surface area contributed by atoms with Crippen LogP contribution in [0.2, 0.25) is 0 Å². The lowest BCUT2D eigenvalue weighted by atomic mass is 10.3. The fourth-order valence-corrected chi connectivity index (χ4v) is 1.92. The van der Waals surface area contributed by atoms with Crippen molar-refractivity contribution < 1.29 is 9.36 Å². The highest BCUT2D eigenvalue weighted by Gasteiger charge is 2.20. The molecule has 2 aromatic rings. The van der Waals surface area contributed by atoms with Gasteiger partial charge in [0.2, 0.25) is 0 Å². The topological polar surface area (TPSA) is 76.0 Å². The molecule has 0 spiro atoms. The Balaban J connectivity index is 2.53. The second-order valence-electron chi connectivity index (χ2n) is 4.54. The van der Waals surface area contributed by atoms with Crippen molar-refractivity contribution in [1.82, 2.24) is 9.97 Å². The molecule has 6 heteroatoms. The van der Waals surface area contributed by atoms with Gasteiger partial charge < -0.3 is 10.6 Å². The molecule has 6 nitrogen and oxygen atoms in total. The third-order valence-electron chi connectivity index (χ3n) is 2.92. The number of nitrogens with two attached hydrogens (primary N) is 1. The number of primary amides is 1. The predicted octanol–water partition coefficient (Wildman–Crippen LogP) is 1.03. The van der Waals surface area contributed by atoms with Gasteiger partial charge in [0.25, 0.3) is 5.91 Å². The van der Waals surface area contributed by atoms with Gasteiger partial charge in [0.1, 0.15) is 5.69 Å². The summed E-state index contributed by atoms with van der Waals surface area (Å²) in [5.74, 6) is 0.374. The summed E-state index contributed by atoms with van der Waals surface area (Å²) in [7, 11) is 0. The highest BCUT2D eigenvalue weighted by Crippen LogP contribution is 2.11. The number of carbonyl (C=O) groups is 1. The number of hydrogen-bond donors (Lipinski definition) is 1. The highest BCUT2D eigenvalue weighted by molar-refractivity contribution is 5.91. The highest BCUT2D eigenvalue weighted by atomic mass is 16.1. The maximum atomic E-state index is 11.5. The third-order valence-corrected chi connectivity index (χ3v) is 2.92. The van der Waals surface area contributed by atoms with Crippen molar-refractivity contribution in [3.63, 3.8) is 0 Å². The van der Waals surface area contributed by atoms with E-state index in [2.05, 4.69) is 23.1 Å². The van der Waals surface area contributed by atoms with Gasteiger partial charge in [-0.05, 0) is 17.1 Å². The Morgan fingerprint density at radius 2 is 1.82 bits per heavy atom. The molecule has 0 aliphatic heterocycles. The summed E-state index contributed by atoms with van der Waals surface area (Å²) < 4.78 is 1.79. The van der Waals surface area contributed by atoms with Gasteiger partial charge in [-0.1, -0.05) is 18.2 Å². The number of amides is 1. The van der Waals surface area contributed by atoms with E-state index in [1.165, 1.54) is 0 Å². The molecule has 0 radical (unpaired) electrons. The van der Waals surface area contributed by atoms with Crippen LogP contribution < -0.4 is 15.2 Å². The molecule has 1 amide bonds. The number of nitrogens with zero attached hydrogens (tertiary/aromatic N) is 4. The number of rotatable bonds is 7. The average molecular weight is 296 g/mol. The second-order valence-corrected chi connectivity index (χ2v) is 4.54. The van der Waals surface area contributed by atoms with Crippen molar-refractivity contribution in [1.29, 1.82) is 0 Å². The van der Waals surface area contributed by atoms with E-state index in [0.717, 1.165) is 0 Å². The summed E-state index contributed by atoms with van der Waals surface area (Å²) in [5.41, 5.74) is 5.54. The molecule has 2 rings (SSSR count). The van der Waals surface area contributed by atoms with Crippen molar-refractivity contribution in [3.05, 3.63) is 67.7 Å². The van der Waals surface area contributed by atoms with Crippen molar-refractivity contribution in [3.8, 4) is 5.82 Å².